The van der Waals surface area contributed by atoms with Crippen molar-refractivity contribution >= 4 is 17.3 Å². The van der Waals surface area contributed by atoms with Crippen molar-refractivity contribution in [3.8, 4) is 5.75 Å². The van der Waals surface area contributed by atoms with E-state index < -0.39 is 0 Å². The van der Waals surface area contributed by atoms with Gasteiger partial charge >= 0.3 is 0 Å². The van der Waals surface area contributed by atoms with Crippen LogP contribution in [0, 0.1) is 17.8 Å². The number of methoxy groups -OCH3 is 1. The van der Waals surface area contributed by atoms with E-state index in [1.54, 1.807) is 7.11 Å². The zero-order chi connectivity index (χ0) is 24.9. The SMILES string of the molecule is COc1ccc(N2CCN(C(=O)c3ccc4c(c3)[C@@H]3[C@@H]5CC[C@@H](C5)[C@@H]3[C@H](c3ccccc3)N4)CC2)cc1. The lowest BCUT2D eigenvalue weighted by Crippen LogP contribution is -2.48. The zero-order valence-electron chi connectivity index (χ0n) is 21.5. The molecule has 0 spiro atoms. The third-order valence-electron chi connectivity index (χ3n) is 9.50. The highest BCUT2D eigenvalue weighted by molar-refractivity contribution is 5.95. The van der Waals surface area contributed by atoms with E-state index in [1.807, 2.05) is 23.1 Å². The lowest BCUT2D eigenvalue weighted by molar-refractivity contribution is 0.0746. The molecule has 5 heteroatoms. The molecular formula is C32H35N3O2. The number of nitrogens with zero attached hydrogens (tertiary/aromatic N) is 2. The molecule has 5 atom stereocenters. The smallest absolute Gasteiger partial charge is 0.253 e. The summed E-state index contributed by atoms with van der Waals surface area (Å²) in [5, 5.41) is 3.91. The predicted octanol–water partition coefficient (Wildman–Crippen LogP) is 5.95. The highest BCUT2D eigenvalue weighted by Crippen LogP contribution is 2.63. The Morgan fingerprint density at radius 2 is 1.65 bits per heavy atom. The molecule has 3 aromatic carbocycles. The lowest BCUT2D eigenvalue weighted by atomic mass is 9.68. The fourth-order valence-corrected chi connectivity index (χ4v) is 7.75. The molecule has 3 aromatic rings. The van der Waals surface area contributed by atoms with Crippen molar-refractivity contribution in [2.75, 3.05) is 43.5 Å². The van der Waals surface area contributed by atoms with Gasteiger partial charge in [0, 0.05) is 43.1 Å². The monoisotopic (exact) mass is 493 g/mol. The van der Waals surface area contributed by atoms with Gasteiger partial charge in [-0.1, -0.05) is 30.3 Å². The first-order chi connectivity index (χ1) is 18.2. The van der Waals surface area contributed by atoms with E-state index in [9.17, 15) is 4.79 Å². The average Bonchev–Trinajstić information content (AvgIpc) is 3.60. The summed E-state index contributed by atoms with van der Waals surface area (Å²) in [5.41, 5.74) is 6.03. The summed E-state index contributed by atoms with van der Waals surface area (Å²) in [6.07, 6.45) is 4.02. The predicted molar refractivity (Wildman–Crippen MR) is 147 cm³/mol. The van der Waals surface area contributed by atoms with Crippen LogP contribution in [-0.2, 0) is 0 Å². The molecule has 0 unspecified atom stereocenters. The van der Waals surface area contributed by atoms with Crippen molar-refractivity contribution in [1.82, 2.24) is 4.90 Å². The van der Waals surface area contributed by atoms with Crippen molar-refractivity contribution < 1.29 is 9.53 Å². The van der Waals surface area contributed by atoms with Crippen LogP contribution in [0.4, 0.5) is 11.4 Å². The number of amides is 1. The lowest BCUT2D eigenvalue weighted by Gasteiger charge is -2.44. The summed E-state index contributed by atoms with van der Waals surface area (Å²) in [6.45, 7) is 3.18. The fourth-order valence-electron chi connectivity index (χ4n) is 7.75. The van der Waals surface area contributed by atoms with Crippen LogP contribution >= 0.6 is 0 Å². The van der Waals surface area contributed by atoms with Crippen LogP contribution in [0.3, 0.4) is 0 Å². The molecule has 2 aliphatic carbocycles. The Balaban J connectivity index is 1.11. The Morgan fingerprint density at radius 3 is 2.41 bits per heavy atom. The number of carbonyl (C=O) groups is 1. The van der Waals surface area contributed by atoms with Gasteiger partial charge in [0.1, 0.15) is 5.75 Å². The van der Waals surface area contributed by atoms with Gasteiger partial charge in [-0.25, -0.2) is 0 Å². The van der Waals surface area contributed by atoms with Crippen LogP contribution in [0.1, 0.15) is 52.7 Å². The van der Waals surface area contributed by atoms with Crippen LogP contribution in [0.25, 0.3) is 0 Å². The van der Waals surface area contributed by atoms with Crippen molar-refractivity contribution in [3.63, 3.8) is 0 Å². The molecule has 2 bridgehead atoms. The number of anilines is 2. The van der Waals surface area contributed by atoms with Crippen LogP contribution in [-0.4, -0.2) is 44.1 Å². The van der Waals surface area contributed by atoms with E-state index in [0.29, 0.717) is 17.9 Å². The number of carbonyl (C=O) groups excluding carboxylic acids is 1. The summed E-state index contributed by atoms with van der Waals surface area (Å²) in [6, 6.07) is 26.0. The van der Waals surface area contributed by atoms with E-state index in [4.69, 9.17) is 4.74 Å². The second-order valence-corrected chi connectivity index (χ2v) is 11.2. The normalized spacial score (nSPS) is 27.9. The third-order valence-corrected chi connectivity index (χ3v) is 9.50. The summed E-state index contributed by atoms with van der Waals surface area (Å²) in [5.74, 6) is 3.74. The van der Waals surface area contributed by atoms with Gasteiger partial charge < -0.3 is 19.9 Å². The number of ether oxygens (including phenoxy) is 1. The molecule has 3 fully saturated rings. The topological polar surface area (TPSA) is 44.8 Å². The maximum Gasteiger partial charge on any atom is 0.253 e. The molecule has 0 radical (unpaired) electrons. The fraction of sp³-hybridized carbons (Fsp3) is 0.406. The molecule has 1 saturated heterocycles. The molecular weight excluding hydrogens is 458 g/mol. The van der Waals surface area contributed by atoms with Crippen molar-refractivity contribution in [1.29, 1.82) is 0 Å². The van der Waals surface area contributed by atoms with E-state index in [0.717, 1.165) is 49.3 Å². The van der Waals surface area contributed by atoms with E-state index >= 15 is 0 Å². The minimum Gasteiger partial charge on any atom is -0.497 e. The van der Waals surface area contributed by atoms with Crippen molar-refractivity contribution in [3.05, 3.63) is 89.5 Å². The molecule has 2 saturated carbocycles. The molecule has 190 valence electrons. The number of piperazine rings is 1. The second-order valence-electron chi connectivity index (χ2n) is 11.2. The van der Waals surface area contributed by atoms with Gasteiger partial charge in [0.15, 0.2) is 0 Å². The van der Waals surface area contributed by atoms with Crippen LogP contribution in [0.15, 0.2) is 72.8 Å². The maximum absolute atomic E-state index is 13.6. The van der Waals surface area contributed by atoms with Crippen LogP contribution in [0.5, 0.6) is 5.75 Å². The van der Waals surface area contributed by atoms with Crippen molar-refractivity contribution in [2.24, 2.45) is 17.8 Å². The van der Waals surface area contributed by atoms with Gasteiger partial charge in [-0.05, 0) is 96.5 Å². The standard InChI is InChI=1S/C32H35N3O2/c1-37-26-12-10-25(11-13-26)34-15-17-35(18-16-34)32(36)24-9-14-28-27(20-24)29-22-7-8-23(19-22)30(29)31(33-28)21-5-3-2-4-6-21/h2-6,9-14,20,22-23,29-31,33H,7-8,15-19H2,1H3/t22-,23+,29+,30+,31+/m1/s1. The Labute approximate surface area is 219 Å². The molecule has 7 rings (SSSR count). The average molecular weight is 494 g/mol. The van der Waals surface area contributed by atoms with E-state index in [2.05, 4.69) is 64.8 Å². The minimum atomic E-state index is 0.169. The highest BCUT2D eigenvalue weighted by Gasteiger charge is 2.53. The molecule has 1 amide bonds. The summed E-state index contributed by atoms with van der Waals surface area (Å²) in [7, 11) is 1.69. The van der Waals surface area contributed by atoms with Crippen LogP contribution in [0.2, 0.25) is 0 Å². The van der Waals surface area contributed by atoms with E-state index in [-0.39, 0.29) is 5.91 Å². The number of benzene rings is 3. The number of nitrogens with one attached hydrogen (secondary N) is 1. The van der Waals surface area contributed by atoms with Gasteiger partial charge in [0.05, 0.1) is 13.2 Å². The first-order valence-electron chi connectivity index (χ1n) is 13.8. The quantitative estimate of drug-likeness (QED) is 0.488. The number of fused-ring (bicyclic) bond motifs is 7. The molecule has 0 aromatic heterocycles. The molecule has 1 N–H and O–H groups in total. The van der Waals surface area contributed by atoms with Crippen LogP contribution < -0.4 is 15.0 Å². The second kappa shape index (κ2) is 9.13. The molecule has 2 heterocycles. The Morgan fingerprint density at radius 1 is 0.892 bits per heavy atom. The van der Waals surface area contributed by atoms with Gasteiger partial charge in [-0.15, -0.1) is 0 Å². The van der Waals surface area contributed by atoms with E-state index in [1.165, 1.54) is 41.8 Å². The summed E-state index contributed by atoms with van der Waals surface area (Å²) in [4.78, 5) is 18.0. The summed E-state index contributed by atoms with van der Waals surface area (Å²) >= 11 is 0. The van der Waals surface area contributed by atoms with Gasteiger partial charge in [0.25, 0.3) is 5.91 Å². The first-order valence-corrected chi connectivity index (χ1v) is 13.8. The van der Waals surface area contributed by atoms with Crippen molar-refractivity contribution in [2.45, 2.75) is 31.2 Å². The Bertz CT molecular complexity index is 1280. The van der Waals surface area contributed by atoms with Gasteiger partial charge in [-0.3, -0.25) is 4.79 Å². The minimum absolute atomic E-state index is 0.169. The highest BCUT2D eigenvalue weighted by atomic mass is 16.5. The van der Waals surface area contributed by atoms with Gasteiger partial charge in [0.2, 0.25) is 0 Å². The Kier molecular flexibility index (Phi) is 5.60. The largest absolute Gasteiger partial charge is 0.497 e. The first kappa shape index (κ1) is 22.7. The molecule has 37 heavy (non-hydrogen) atoms. The molecule has 2 aliphatic heterocycles. The number of hydrogen-bond donors (Lipinski definition) is 1. The summed E-state index contributed by atoms with van der Waals surface area (Å²) < 4.78 is 5.29. The molecule has 5 nitrogen and oxygen atoms in total. The third kappa shape index (κ3) is 3.87. The molecule has 4 aliphatic rings. The Hall–Kier alpha value is -3.47. The number of rotatable bonds is 4. The maximum atomic E-state index is 13.6. The van der Waals surface area contributed by atoms with Gasteiger partial charge in [-0.2, -0.15) is 0 Å². The zero-order valence-corrected chi connectivity index (χ0v) is 21.5. The number of hydrogen-bond acceptors (Lipinski definition) is 4.